The third kappa shape index (κ3) is 16.3. The van der Waals surface area contributed by atoms with Crippen LogP contribution in [0.15, 0.2) is 24.3 Å². The Morgan fingerprint density at radius 1 is 1.00 bits per heavy atom. The van der Waals surface area contributed by atoms with Crippen molar-refractivity contribution in [2.75, 3.05) is 38.3 Å². The van der Waals surface area contributed by atoms with Crippen molar-refractivity contribution >= 4 is 17.4 Å². The molecule has 0 radical (unpaired) electrons. The first-order chi connectivity index (χ1) is 20.5. The Hall–Kier alpha value is -2.36. The van der Waals surface area contributed by atoms with Crippen molar-refractivity contribution in [1.29, 1.82) is 5.26 Å². The Kier molecular flexibility index (Phi) is 27.1. The summed E-state index contributed by atoms with van der Waals surface area (Å²) in [4.78, 5) is 12.3. The van der Waals surface area contributed by atoms with Gasteiger partial charge in [-0.15, -0.1) is 0 Å². The van der Waals surface area contributed by atoms with E-state index in [1.807, 2.05) is 45.9 Å². The van der Waals surface area contributed by atoms with Gasteiger partial charge in [-0.3, -0.25) is 0 Å². The molecule has 7 heteroatoms. The molecule has 43 heavy (non-hydrogen) atoms. The molecule has 1 aromatic carbocycles. The molecule has 0 N–H and O–H groups in total. The molecule has 2 aromatic rings. The molecule has 2 rings (SSSR count). The van der Waals surface area contributed by atoms with E-state index < -0.39 is 0 Å². The zero-order valence-electron chi connectivity index (χ0n) is 28.1. The van der Waals surface area contributed by atoms with E-state index in [4.69, 9.17) is 31.0 Å². The van der Waals surface area contributed by atoms with Gasteiger partial charge in [-0.1, -0.05) is 99.0 Å². The van der Waals surface area contributed by atoms with Gasteiger partial charge in [-0.25, -0.2) is 0 Å². The van der Waals surface area contributed by atoms with Gasteiger partial charge < -0.3 is 14.4 Å². The molecular formula is C36H63ClN4O2. The molecule has 0 spiro atoms. The number of hydrogen-bond donors (Lipinski definition) is 0. The first kappa shape index (κ1) is 42.8. The normalized spacial score (nSPS) is 11.5. The van der Waals surface area contributed by atoms with E-state index in [-0.39, 0.29) is 13.3 Å². The van der Waals surface area contributed by atoms with Gasteiger partial charge in [-0.05, 0) is 68.4 Å². The van der Waals surface area contributed by atoms with Crippen molar-refractivity contribution in [1.82, 2.24) is 9.97 Å². The van der Waals surface area contributed by atoms with Gasteiger partial charge in [0.2, 0.25) is 0 Å². The number of hydrogen-bond acceptors (Lipinski definition) is 6. The number of nitriles is 1. The molecule has 2 atom stereocenters. The Labute approximate surface area is 270 Å². The van der Waals surface area contributed by atoms with E-state index in [0.29, 0.717) is 25.0 Å². The summed E-state index contributed by atoms with van der Waals surface area (Å²) >= 11 is 6.42. The van der Waals surface area contributed by atoms with Gasteiger partial charge in [0.15, 0.2) is 0 Å². The number of rotatable bonds is 19. The van der Waals surface area contributed by atoms with Crippen molar-refractivity contribution < 1.29 is 9.47 Å². The summed E-state index contributed by atoms with van der Waals surface area (Å²) in [5, 5.41) is 10.1. The van der Waals surface area contributed by atoms with E-state index >= 15 is 0 Å². The number of nitrogens with zero attached hydrogens (tertiary/aromatic N) is 4. The highest BCUT2D eigenvalue weighted by molar-refractivity contribution is 6.31. The second-order valence-corrected chi connectivity index (χ2v) is 10.6. The van der Waals surface area contributed by atoms with Crippen LogP contribution >= 0.6 is 11.6 Å². The maximum atomic E-state index is 9.26. The number of halogens is 1. The fourth-order valence-corrected chi connectivity index (χ4v) is 4.94. The number of ether oxygens (including phenoxy) is 2. The van der Waals surface area contributed by atoms with Gasteiger partial charge in [0.1, 0.15) is 5.82 Å². The molecule has 0 amide bonds. The summed E-state index contributed by atoms with van der Waals surface area (Å²) < 4.78 is 11.5. The van der Waals surface area contributed by atoms with Crippen LogP contribution in [0.5, 0.6) is 6.01 Å². The average Bonchev–Trinajstić information content (AvgIpc) is 3.01. The lowest BCUT2D eigenvalue weighted by molar-refractivity contribution is 0.149. The van der Waals surface area contributed by atoms with Crippen LogP contribution in [-0.4, -0.2) is 43.4 Å². The van der Waals surface area contributed by atoms with Crippen LogP contribution in [0.1, 0.15) is 118 Å². The number of anilines is 1. The van der Waals surface area contributed by atoms with Crippen LogP contribution in [0.4, 0.5) is 5.82 Å². The minimum absolute atomic E-state index is 0. The molecule has 0 aliphatic carbocycles. The predicted octanol–water partition coefficient (Wildman–Crippen LogP) is 10.2. The average molecular weight is 619 g/mol. The fraction of sp³-hybridized carbons (Fsp3) is 0.694. The molecule has 0 aliphatic rings. The molecule has 0 fully saturated rings. The summed E-state index contributed by atoms with van der Waals surface area (Å²) in [6.45, 7) is 19.7. The zero-order valence-corrected chi connectivity index (χ0v) is 28.9. The van der Waals surface area contributed by atoms with Crippen molar-refractivity contribution in [2.24, 2.45) is 11.8 Å². The third-order valence-electron chi connectivity index (χ3n) is 6.89. The second-order valence-electron chi connectivity index (χ2n) is 10.2. The summed E-state index contributed by atoms with van der Waals surface area (Å²) in [5.74, 6) is 1.62. The Morgan fingerprint density at radius 2 is 1.70 bits per heavy atom. The van der Waals surface area contributed by atoms with E-state index in [9.17, 15) is 5.26 Å². The largest absolute Gasteiger partial charge is 0.463 e. The lowest BCUT2D eigenvalue weighted by Crippen LogP contribution is -2.32. The lowest BCUT2D eigenvalue weighted by atomic mass is 10.0. The van der Waals surface area contributed by atoms with Gasteiger partial charge in [-0.2, -0.15) is 15.2 Å². The molecule has 246 valence electrons. The molecular weight excluding hydrogens is 556 g/mol. The van der Waals surface area contributed by atoms with Gasteiger partial charge in [0, 0.05) is 43.8 Å². The maximum absolute atomic E-state index is 9.26. The molecule has 2 unspecified atom stereocenters. The minimum atomic E-state index is 0. The molecule has 1 aromatic heterocycles. The third-order valence-corrected chi connectivity index (χ3v) is 7.26. The molecule has 0 saturated carbocycles. The first-order valence-corrected chi connectivity index (χ1v) is 16.7. The Bertz CT molecular complexity index is 996. The zero-order chi connectivity index (χ0) is 31.8. The summed E-state index contributed by atoms with van der Waals surface area (Å²) in [6, 6.07) is 10.8. The molecule has 0 saturated heterocycles. The molecule has 0 aliphatic heterocycles. The summed E-state index contributed by atoms with van der Waals surface area (Å²) in [5.41, 5.74) is 3.44. The van der Waals surface area contributed by atoms with E-state index in [2.05, 4.69) is 44.7 Å². The number of methoxy groups -OCH3 is 1. The van der Waals surface area contributed by atoms with Crippen molar-refractivity contribution in [3.05, 3.63) is 46.1 Å². The minimum Gasteiger partial charge on any atom is -0.463 e. The predicted molar refractivity (Wildman–Crippen MR) is 187 cm³/mol. The van der Waals surface area contributed by atoms with Crippen LogP contribution in [0.25, 0.3) is 0 Å². The number of aromatic nitrogens is 2. The van der Waals surface area contributed by atoms with Crippen molar-refractivity contribution in [3.8, 4) is 12.1 Å². The lowest BCUT2D eigenvalue weighted by Gasteiger charge is -2.29. The summed E-state index contributed by atoms with van der Waals surface area (Å²) in [6.07, 6.45) is 8.09. The van der Waals surface area contributed by atoms with Crippen LogP contribution in [-0.2, 0) is 24.0 Å². The highest BCUT2D eigenvalue weighted by atomic mass is 35.5. The number of benzene rings is 1. The highest BCUT2D eigenvalue weighted by Crippen LogP contribution is 2.29. The first-order valence-electron chi connectivity index (χ1n) is 16.3. The van der Waals surface area contributed by atoms with E-state index in [1.54, 1.807) is 7.11 Å². The van der Waals surface area contributed by atoms with Gasteiger partial charge >= 0.3 is 6.01 Å². The van der Waals surface area contributed by atoms with Crippen LogP contribution in [0, 0.1) is 23.2 Å². The van der Waals surface area contributed by atoms with E-state index in [1.165, 1.54) is 11.1 Å². The van der Waals surface area contributed by atoms with E-state index in [0.717, 1.165) is 87.6 Å². The monoisotopic (exact) mass is 618 g/mol. The van der Waals surface area contributed by atoms with Crippen LogP contribution in [0.3, 0.4) is 0 Å². The standard InChI is InChI=1S/C31H47ClN4O2.2C2H6.CH4/c1-6-12-27-29(16-11-14-26-13-9-10-15-28(26)32)34-31(38-23-25(8-3)18-21-37-5)35-30(27)36(20-7-2)22-24(4)17-19-33;2*1-2;/h9-10,13,15,24-25H,6-8,11-12,14,16-18,20-23H2,1-5H3;2*1-2H3;1H4. The molecule has 1 heterocycles. The smallest absolute Gasteiger partial charge is 0.318 e. The van der Waals surface area contributed by atoms with Crippen molar-refractivity contribution in [2.45, 2.75) is 121 Å². The van der Waals surface area contributed by atoms with Crippen LogP contribution < -0.4 is 9.64 Å². The molecule has 6 nitrogen and oxygen atoms in total. The summed E-state index contributed by atoms with van der Waals surface area (Å²) in [7, 11) is 1.74. The van der Waals surface area contributed by atoms with Crippen molar-refractivity contribution in [3.63, 3.8) is 0 Å². The SMILES string of the molecule is C.CC.CC.CCCc1c(CCCc2ccccc2Cl)nc(OCC(CC)CCOC)nc1N(CCC)CC(C)CC#N. The van der Waals surface area contributed by atoms with Gasteiger partial charge in [0.25, 0.3) is 0 Å². The fourth-order valence-electron chi connectivity index (χ4n) is 4.71. The second kappa shape index (κ2) is 27.2. The highest BCUT2D eigenvalue weighted by Gasteiger charge is 2.22. The Balaban J connectivity index is 0. The maximum Gasteiger partial charge on any atom is 0.318 e. The Morgan fingerprint density at radius 3 is 2.28 bits per heavy atom. The molecule has 0 bridgehead atoms. The van der Waals surface area contributed by atoms with Crippen LogP contribution in [0.2, 0.25) is 5.02 Å². The number of aryl methyl sites for hydroxylation is 2. The van der Waals surface area contributed by atoms with Gasteiger partial charge in [0.05, 0.1) is 18.4 Å². The quantitative estimate of drug-likeness (QED) is 0.156. The topological polar surface area (TPSA) is 71.3 Å².